The van der Waals surface area contributed by atoms with Crippen LogP contribution in [-0.2, 0) is 4.79 Å². The number of anilines is 1. The van der Waals surface area contributed by atoms with Crippen molar-refractivity contribution in [3.05, 3.63) is 40.1 Å². The number of nitrogens with zero attached hydrogens (tertiary/aromatic N) is 2. The third-order valence-corrected chi connectivity index (χ3v) is 3.31. The predicted molar refractivity (Wildman–Crippen MR) is 73.8 cm³/mol. The fraction of sp³-hybridized carbons (Fsp3) is 0.154. The molecule has 1 aliphatic heterocycles. The second kappa shape index (κ2) is 4.20. The summed E-state index contributed by atoms with van der Waals surface area (Å²) in [4.78, 5) is 23.1. The van der Waals surface area contributed by atoms with Gasteiger partial charge in [-0.2, -0.15) is 0 Å². The van der Waals surface area contributed by atoms with Crippen molar-refractivity contribution >= 4 is 35.0 Å². The van der Waals surface area contributed by atoms with Crippen LogP contribution in [0.15, 0.2) is 12.4 Å². The molecule has 0 spiro atoms. The molecule has 19 heavy (non-hydrogen) atoms. The minimum absolute atomic E-state index is 0.218. The van der Waals surface area contributed by atoms with Crippen molar-refractivity contribution < 1.29 is 4.79 Å². The molecular formula is C13H11ClN4O. The molecule has 0 saturated heterocycles. The third kappa shape index (κ3) is 1.92. The molecule has 5 nitrogen and oxygen atoms in total. The first-order chi connectivity index (χ1) is 9.06. The number of fused-ring (bicyclic) bond motifs is 1. The van der Waals surface area contributed by atoms with E-state index < -0.39 is 0 Å². The van der Waals surface area contributed by atoms with E-state index in [0.717, 1.165) is 17.0 Å². The molecule has 2 N–H and O–H groups in total. The van der Waals surface area contributed by atoms with E-state index in [-0.39, 0.29) is 11.1 Å². The topological polar surface area (TPSA) is 70.7 Å². The fourth-order valence-electron chi connectivity index (χ4n) is 2.17. The second-order valence-corrected chi connectivity index (χ2v) is 4.81. The number of H-pyrrole nitrogens is 1. The second-order valence-electron chi connectivity index (χ2n) is 4.45. The number of nitrogens with one attached hydrogen (secondary N) is 2. The Labute approximate surface area is 114 Å². The molecule has 0 atom stereocenters. The molecule has 2 aromatic heterocycles. The van der Waals surface area contributed by atoms with Crippen molar-refractivity contribution in [1.82, 2.24) is 15.0 Å². The van der Waals surface area contributed by atoms with Crippen LogP contribution in [0, 0.1) is 13.8 Å². The summed E-state index contributed by atoms with van der Waals surface area (Å²) in [5.74, 6) is 0.237. The Bertz CT molecular complexity index is 717. The van der Waals surface area contributed by atoms with Crippen LogP contribution in [0.5, 0.6) is 0 Å². The van der Waals surface area contributed by atoms with Crippen molar-refractivity contribution in [2.45, 2.75) is 13.8 Å². The molecule has 1 aliphatic rings. The van der Waals surface area contributed by atoms with Gasteiger partial charge in [0.1, 0.15) is 17.3 Å². The zero-order valence-corrected chi connectivity index (χ0v) is 11.2. The van der Waals surface area contributed by atoms with Crippen LogP contribution >= 0.6 is 11.6 Å². The van der Waals surface area contributed by atoms with Gasteiger partial charge in [-0.1, -0.05) is 11.6 Å². The van der Waals surface area contributed by atoms with Gasteiger partial charge in [0, 0.05) is 11.4 Å². The van der Waals surface area contributed by atoms with E-state index in [2.05, 4.69) is 20.3 Å². The minimum Gasteiger partial charge on any atom is -0.359 e. The largest absolute Gasteiger partial charge is 0.359 e. The summed E-state index contributed by atoms with van der Waals surface area (Å²) in [6, 6.07) is 2.02. The molecule has 0 unspecified atom stereocenters. The molecule has 3 heterocycles. The van der Waals surface area contributed by atoms with Crippen molar-refractivity contribution in [3.63, 3.8) is 0 Å². The molecule has 6 heteroatoms. The van der Waals surface area contributed by atoms with Crippen LogP contribution in [0.4, 0.5) is 5.82 Å². The van der Waals surface area contributed by atoms with Gasteiger partial charge in [0.15, 0.2) is 0 Å². The van der Waals surface area contributed by atoms with Gasteiger partial charge in [0.25, 0.3) is 5.91 Å². The number of hydrogen-bond donors (Lipinski definition) is 2. The van der Waals surface area contributed by atoms with Crippen LogP contribution < -0.4 is 5.32 Å². The Kier molecular flexibility index (Phi) is 2.64. The first-order valence-electron chi connectivity index (χ1n) is 5.76. The van der Waals surface area contributed by atoms with Gasteiger partial charge in [0.05, 0.1) is 11.1 Å². The number of carbonyl (C=O) groups excluding carboxylic acids is 1. The number of halogens is 1. The molecule has 3 rings (SSSR count). The zero-order chi connectivity index (χ0) is 13.6. The quantitative estimate of drug-likeness (QED) is 0.620. The molecule has 0 saturated carbocycles. The van der Waals surface area contributed by atoms with Crippen molar-refractivity contribution in [1.29, 1.82) is 0 Å². The van der Waals surface area contributed by atoms with Gasteiger partial charge < -0.3 is 10.3 Å². The number of amides is 1. The molecule has 1 amide bonds. The Morgan fingerprint density at radius 1 is 1.32 bits per heavy atom. The molecule has 0 fully saturated rings. The van der Waals surface area contributed by atoms with Gasteiger partial charge in [-0.05, 0) is 31.6 Å². The molecule has 2 aromatic rings. The normalized spacial score (nSPS) is 15.7. The Hall–Kier alpha value is -2.14. The standard InChI is InChI=1S/C13H11ClN4O/c1-6-3-7(2)17-9(6)4-8-10-11(14)15-5-16-12(10)18-13(8)19/h3-5,17H,1-2H3,(H,15,16,18,19). The number of aromatic nitrogens is 3. The average Bonchev–Trinajstić information content (AvgIpc) is 2.82. The lowest BCUT2D eigenvalue weighted by Crippen LogP contribution is -2.04. The lowest BCUT2D eigenvalue weighted by molar-refractivity contribution is -0.110. The van der Waals surface area contributed by atoms with Gasteiger partial charge in [-0.15, -0.1) is 0 Å². The maximum atomic E-state index is 12.0. The predicted octanol–water partition coefficient (Wildman–Crippen LogP) is 2.57. The molecule has 0 bridgehead atoms. The van der Waals surface area contributed by atoms with Gasteiger partial charge in [-0.25, -0.2) is 9.97 Å². The number of aryl methyl sites for hydroxylation is 2. The first-order valence-corrected chi connectivity index (χ1v) is 6.14. The summed E-state index contributed by atoms with van der Waals surface area (Å²) in [6.45, 7) is 3.94. The monoisotopic (exact) mass is 274 g/mol. The highest BCUT2D eigenvalue weighted by Crippen LogP contribution is 2.35. The van der Waals surface area contributed by atoms with Gasteiger partial charge in [0.2, 0.25) is 0 Å². The number of carbonyl (C=O) groups is 1. The van der Waals surface area contributed by atoms with E-state index >= 15 is 0 Å². The Morgan fingerprint density at radius 2 is 2.11 bits per heavy atom. The van der Waals surface area contributed by atoms with E-state index in [0.29, 0.717) is 17.0 Å². The van der Waals surface area contributed by atoms with Crippen LogP contribution in [-0.4, -0.2) is 20.9 Å². The fourth-order valence-corrected chi connectivity index (χ4v) is 2.40. The summed E-state index contributed by atoms with van der Waals surface area (Å²) in [5, 5.41) is 2.95. The molecular weight excluding hydrogens is 264 g/mol. The zero-order valence-electron chi connectivity index (χ0n) is 10.4. The maximum Gasteiger partial charge on any atom is 0.257 e. The van der Waals surface area contributed by atoms with Crippen LogP contribution in [0.1, 0.15) is 22.5 Å². The summed E-state index contributed by atoms with van der Waals surface area (Å²) >= 11 is 6.05. The average molecular weight is 275 g/mol. The van der Waals surface area contributed by atoms with Crippen LogP contribution in [0.3, 0.4) is 0 Å². The Morgan fingerprint density at radius 3 is 2.79 bits per heavy atom. The van der Waals surface area contributed by atoms with Crippen molar-refractivity contribution in [3.8, 4) is 0 Å². The molecule has 0 radical (unpaired) electrons. The van der Waals surface area contributed by atoms with Gasteiger partial charge >= 0.3 is 0 Å². The smallest absolute Gasteiger partial charge is 0.257 e. The SMILES string of the molecule is Cc1cc(C)c(C=C2C(=O)Nc3ncnc(Cl)c32)[nH]1. The number of hydrogen-bond acceptors (Lipinski definition) is 3. The minimum atomic E-state index is -0.218. The maximum absolute atomic E-state index is 12.0. The number of rotatable bonds is 1. The van der Waals surface area contributed by atoms with Crippen LogP contribution in [0.25, 0.3) is 11.6 Å². The van der Waals surface area contributed by atoms with E-state index in [1.807, 2.05) is 19.9 Å². The highest BCUT2D eigenvalue weighted by Gasteiger charge is 2.28. The lowest BCUT2D eigenvalue weighted by Gasteiger charge is -1.99. The summed E-state index contributed by atoms with van der Waals surface area (Å²) in [6.07, 6.45) is 3.10. The molecule has 0 aliphatic carbocycles. The summed E-state index contributed by atoms with van der Waals surface area (Å²) in [5.41, 5.74) is 4.03. The van der Waals surface area contributed by atoms with E-state index in [4.69, 9.17) is 11.6 Å². The highest BCUT2D eigenvalue weighted by atomic mass is 35.5. The van der Waals surface area contributed by atoms with Crippen molar-refractivity contribution in [2.75, 3.05) is 5.32 Å². The van der Waals surface area contributed by atoms with Gasteiger partial charge in [-0.3, -0.25) is 4.79 Å². The first kappa shape index (κ1) is 11.9. The Balaban J connectivity index is 2.17. The summed E-state index contributed by atoms with van der Waals surface area (Å²) < 4.78 is 0. The number of aromatic amines is 1. The lowest BCUT2D eigenvalue weighted by atomic mass is 10.1. The van der Waals surface area contributed by atoms with E-state index in [1.165, 1.54) is 6.33 Å². The third-order valence-electron chi connectivity index (χ3n) is 3.03. The summed E-state index contributed by atoms with van der Waals surface area (Å²) in [7, 11) is 0. The van der Waals surface area contributed by atoms with Crippen molar-refractivity contribution in [2.24, 2.45) is 0 Å². The van der Waals surface area contributed by atoms with E-state index in [1.54, 1.807) is 6.08 Å². The molecule has 96 valence electrons. The molecule has 0 aromatic carbocycles. The van der Waals surface area contributed by atoms with E-state index in [9.17, 15) is 4.79 Å². The van der Waals surface area contributed by atoms with Crippen LogP contribution in [0.2, 0.25) is 5.15 Å². The highest BCUT2D eigenvalue weighted by molar-refractivity contribution is 6.40.